The highest BCUT2D eigenvalue weighted by atomic mass is 16.6. The third kappa shape index (κ3) is 6.15. The summed E-state index contributed by atoms with van der Waals surface area (Å²) in [5.41, 5.74) is 0. The number of aliphatic carboxylic acids is 2. The molecule has 13 nitrogen and oxygen atoms in total. The lowest BCUT2D eigenvalue weighted by molar-refractivity contribution is -0.159. The van der Waals surface area contributed by atoms with E-state index < -0.39 is 11.9 Å². The van der Waals surface area contributed by atoms with Gasteiger partial charge in [0.2, 0.25) is 11.8 Å². The van der Waals surface area contributed by atoms with Gasteiger partial charge in [-0.3, -0.25) is 9.69 Å². The van der Waals surface area contributed by atoms with Gasteiger partial charge in [-0.25, -0.2) is 14.4 Å². The number of rotatable bonds is 5. The second-order valence-electron chi connectivity index (χ2n) is 7.83. The van der Waals surface area contributed by atoms with Crippen molar-refractivity contribution in [3.05, 3.63) is 11.7 Å². The monoisotopic (exact) mass is 453 g/mol. The number of piperazine rings is 1. The fourth-order valence-corrected chi connectivity index (χ4v) is 3.42. The molecule has 2 amide bonds. The fraction of sp³-hybridized carbons (Fsp3) is 0.684. The van der Waals surface area contributed by atoms with Crippen molar-refractivity contribution in [2.45, 2.75) is 31.6 Å². The van der Waals surface area contributed by atoms with Crippen molar-refractivity contribution >= 4 is 23.9 Å². The van der Waals surface area contributed by atoms with Gasteiger partial charge in [0.1, 0.15) is 0 Å². The smallest absolute Gasteiger partial charge is 0.414 e. The molecular weight excluding hydrogens is 426 g/mol. The number of amides is 2. The Morgan fingerprint density at radius 2 is 1.59 bits per heavy atom. The third-order valence-corrected chi connectivity index (χ3v) is 5.41. The Labute approximate surface area is 183 Å². The molecule has 0 aromatic carbocycles. The van der Waals surface area contributed by atoms with Gasteiger partial charge < -0.3 is 29.3 Å². The minimum absolute atomic E-state index is 0.108. The van der Waals surface area contributed by atoms with Gasteiger partial charge in [-0.1, -0.05) is 5.16 Å². The average Bonchev–Trinajstić information content (AvgIpc) is 3.48. The zero-order valence-corrected chi connectivity index (χ0v) is 17.8. The number of carboxylic acid groups (broad SMARTS) is 2. The van der Waals surface area contributed by atoms with Crippen molar-refractivity contribution in [2.24, 2.45) is 0 Å². The molecule has 2 aliphatic heterocycles. The number of hydrogen-bond acceptors (Lipinski definition) is 9. The summed E-state index contributed by atoms with van der Waals surface area (Å²) in [5, 5.41) is 18.8. The van der Waals surface area contributed by atoms with Crippen LogP contribution in [0, 0.1) is 0 Å². The molecule has 0 unspecified atom stereocenters. The normalized spacial score (nSPS) is 18.9. The first-order valence-corrected chi connectivity index (χ1v) is 10.5. The summed E-state index contributed by atoms with van der Waals surface area (Å²) < 4.78 is 10.4. The highest BCUT2D eigenvalue weighted by Crippen LogP contribution is 2.39. The zero-order valence-electron chi connectivity index (χ0n) is 17.8. The first-order chi connectivity index (χ1) is 15.3. The standard InChI is InChI=1S/C17H25N5O4.C2H2O4/c1-2-25-17(24)22-7-5-21(6-8-22)14(23)11-20-9-13(10-20)16-18-15(19-26-16)12-3-4-12;3-1(4)2(5)6/h12-13H,2-11H2,1H3;(H,3,4)(H,5,6). The zero-order chi connectivity index (χ0) is 23.3. The highest BCUT2D eigenvalue weighted by Gasteiger charge is 2.36. The highest BCUT2D eigenvalue weighted by molar-refractivity contribution is 6.27. The number of carboxylic acids is 2. The van der Waals surface area contributed by atoms with Gasteiger partial charge in [-0.15, -0.1) is 0 Å². The van der Waals surface area contributed by atoms with Gasteiger partial charge in [0.15, 0.2) is 5.82 Å². The van der Waals surface area contributed by atoms with E-state index in [1.165, 1.54) is 0 Å². The van der Waals surface area contributed by atoms with E-state index in [1.807, 2.05) is 4.90 Å². The first-order valence-electron chi connectivity index (χ1n) is 10.5. The van der Waals surface area contributed by atoms with E-state index >= 15 is 0 Å². The predicted octanol–water partition coefficient (Wildman–Crippen LogP) is -0.197. The quantitative estimate of drug-likeness (QED) is 0.567. The van der Waals surface area contributed by atoms with E-state index in [0.29, 0.717) is 51.1 Å². The summed E-state index contributed by atoms with van der Waals surface area (Å²) in [5.74, 6) is -1.25. The van der Waals surface area contributed by atoms with E-state index in [1.54, 1.807) is 11.8 Å². The molecule has 176 valence electrons. The summed E-state index contributed by atoms with van der Waals surface area (Å²) in [7, 11) is 0. The van der Waals surface area contributed by atoms with Gasteiger partial charge in [0.05, 0.1) is 19.1 Å². The second kappa shape index (κ2) is 10.4. The van der Waals surface area contributed by atoms with Gasteiger partial charge in [0.25, 0.3) is 0 Å². The maximum absolute atomic E-state index is 12.4. The van der Waals surface area contributed by atoms with Crippen LogP contribution in [0.15, 0.2) is 4.52 Å². The van der Waals surface area contributed by atoms with Gasteiger partial charge in [-0.2, -0.15) is 4.98 Å². The summed E-state index contributed by atoms with van der Waals surface area (Å²) in [6, 6.07) is 0. The lowest BCUT2D eigenvalue weighted by Gasteiger charge is -2.39. The number of nitrogens with zero attached hydrogens (tertiary/aromatic N) is 5. The fourth-order valence-electron chi connectivity index (χ4n) is 3.42. The van der Waals surface area contributed by atoms with Crippen LogP contribution < -0.4 is 0 Å². The summed E-state index contributed by atoms with van der Waals surface area (Å²) in [6.45, 7) is 6.29. The molecule has 1 aliphatic carbocycles. The Balaban J connectivity index is 0.000000427. The van der Waals surface area contributed by atoms with Crippen molar-refractivity contribution in [3.63, 3.8) is 0 Å². The molecule has 1 saturated carbocycles. The Kier molecular flexibility index (Phi) is 7.62. The average molecular weight is 453 g/mol. The molecule has 1 aromatic heterocycles. The second-order valence-corrected chi connectivity index (χ2v) is 7.83. The Morgan fingerprint density at radius 3 is 2.12 bits per heavy atom. The van der Waals surface area contributed by atoms with Crippen LogP contribution in [0.2, 0.25) is 0 Å². The number of ether oxygens (including phenoxy) is 1. The van der Waals surface area contributed by atoms with Crippen LogP contribution in [-0.2, 0) is 19.1 Å². The lowest BCUT2D eigenvalue weighted by Crippen LogP contribution is -2.55. The molecule has 13 heteroatoms. The number of carbonyl (C=O) groups is 4. The van der Waals surface area contributed by atoms with E-state index in [9.17, 15) is 9.59 Å². The van der Waals surface area contributed by atoms with E-state index in [2.05, 4.69) is 15.0 Å². The molecule has 0 spiro atoms. The molecule has 0 atom stereocenters. The molecule has 4 rings (SSSR count). The topological polar surface area (TPSA) is 167 Å². The Morgan fingerprint density at radius 1 is 1.00 bits per heavy atom. The molecule has 3 heterocycles. The molecular formula is C19H27N5O8. The van der Waals surface area contributed by atoms with Gasteiger partial charge in [-0.05, 0) is 19.8 Å². The summed E-state index contributed by atoms with van der Waals surface area (Å²) in [6.07, 6.45) is 2.02. The van der Waals surface area contributed by atoms with Crippen LogP contribution in [0.25, 0.3) is 0 Å². The molecule has 3 aliphatic rings. The van der Waals surface area contributed by atoms with Gasteiger partial charge >= 0.3 is 18.0 Å². The van der Waals surface area contributed by atoms with Crippen LogP contribution >= 0.6 is 0 Å². The number of carbonyl (C=O) groups excluding carboxylic acids is 2. The van der Waals surface area contributed by atoms with Crippen molar-refractivity contribution < 1.29 is 38.7 Å². The first kappa shape index (κ1) is 23.4. The summed E-state index contributed by atoms with van der Waals surface area (Å²) in [4.78, 5) is 52.4. The maximum Gasteiger partial charge on any atom is 0.414 e. The van der Waals surface area contributed by atoms with E-state index in [0.717, 1.165) is 31.8 Å². The van der Waals surface area contributed by atoms with Crippen LogP contribution in [0.5, 0.6) is 0 Å². The molecule has 2 N–H and O–H groups in total. The van der Waals surface area contributed by atoms with Crippen molar-refractivity contribution in [1.29, 1.82) is 0 Å². The molecule has 2 saturated heterocycles. The van der Waals surface area contributed by atoms with Gasteiger partial charge in [0, 0.05) is 45.2 Å². The molecule has 32 heavy (non-hydrogen) atoms. The number of likely N-dealkylation sites (tertiary alicyclic amines) is 1. The minimum Gasteiger partial charge on any atom is -0.473 e. The SMILES string of the molecule is CCOC(=O)N1CCN(C(=O)CN2CC(c3nc(C4CC4)no3)C2)CC1.O=C(O)C(=O)O. The Bertz CT molecular complexity index is 829. The number of aromatic nitrogens is 2. The van der Waals surface area contributed by atoms with Crippen molar-refractivity contribution in [3.8, 4) is 0 Å². The molecule has 3 fully saturated rings. The molecule has 0 radical (unpaired) electrons. The summed E-state index contributed by atoms with van der Waals surface area (Å²) >= 11 is 0. The van der Waals surface area contributed by atoms with E-state index in [-0.39, 0.29) is 17.9 Å². The molecule has 1 aromatic rings. The predicted molar refractivity (Wildman–Crippen MR) is 106 cm³/mol. The van der Waals surface area contributed by atoms with E-state index in [4.69, 9.17) is 29.1 Å². The van der Waals surface area contributed by atoms with Crippen LogP contribution in [0.3, 0.4) is 0 Å². The van der Waals surface area contributed by atoms with Crippen LogP contribution in [0.4, 0.5) is 4.79 Å². The van der Waals surface area contributed by atoms with Crippen LogP contribution in [0.1, 0.15) is 43.3 Å². The third-order valence-electron chi connectivity index (χ3n) is 5.41. The molecule has 0 bridgehead atoms. The van der Waals surface area contributed by atoms with Crippen LogP contribution in [-0.4, -0.2) is 111 Å². The minimum atomic E-state index is -1.82. The number of hydrogen-bond donors (Lipinski definition) is 2. The van der Waals surface area contributed by atoms with Crippen molar-refractivity contribution in [1.82, 2.24) is 24.8 Å². The maximum atomic E-state index is 12.4. The largest absolute Gasteiger partial charge is 0.473 e. The Hall–Kier alpha value is -3.22. The lowest BCUT2D eigenvalue weighted by atomic mass is 10.00. The van der Waals surface area contributed by atoms with Crippen molar-refractivity contribution in [2.75, 3.05) is 52.4 Å².